The molecule has 2 aromatic heterocycles. The molecule has 0 saturated heterocycles. The topological polar surface area (TPSA) is 114 Å². The van der Waals surface area contributed by atoms with E-state index < -0.39 is 7.60 Å². The summed E-state index contributed by atoms with van der Waals surface area (Å²) < 4.78 is 11.6. The van der Waals surface area contributed by atoms with E-state index in [0.717, 1.165) is 56.8 Å². The van der Waals surface area contributed by atoms with Crippen LogP contribution in [-0.2, 0) is 11.0 Å². The van der Waals surface area contributed by atoms with E-state index in [1.54, 1.807) is 12.1 Å². The van der Waals surface area contributed by atoms with Crippen molar-refractivity contribution in [2.24, 2.45) is 9.98 Å². The van der Waals surface area contributed by atoms with Crippen LogP contribution in [0.4, 0.5) is 0 Å². The Labute approximate surface area is 195 Å². The SMILES string of the molecule is O=P(O)(O)c1ccc(/C2=C3\C=CC(=N3)/C=c3/cc/c([nH]3)=C/C3=NC(C=C3)Cc3ccc2[nH]3)cc1. The average Bonchev–Trinajstić information content (AvgIpc) is 3.59. The molecule has 4 N–H and O–H groups in total. The van der Waals surface area contributed by atoms with Crippen LogP contribution in [0.5, 0.6) is 0 Å². The number of nitrogens with one attached hydrogen (secondary N) is 2. The molecule has 0 radical (unpaired) electrons. The summed E-state index contributed by atoms with van der Waals surface area (Å²) in [6.45, 7) is 0. The van der Waals surface area contributed by atoms with Gasteiger partial charge in [-0.25, -0.2) is 4.99 Å². The summed E-state index contributed by atoms with van der Waals surface area (Å²) in [5.74, 6) is 0. The van der Waals surface area contributed by atoms with Crippen molar-refractivity contribution in [2.75, 3.05) is 0 Å². The second kappa shape index (κ2) is 7.92. The van der Waals surface area contributed by atoms with Gasteiger partial charge in [-0.15, -0.1) is 0 Å². The molecule has 168 valence electrons. The molecular formula is C26H21N4O3P. The van der Waals surface area contributed by atoms with Gasteiger partial charge < -0.3 is 19.8 Å². The van der Waals surface area contributed by atoms with E-state index in [9.17, 15) is 14.4 Å². The summed E-state index contributed by atoms with van der Waals surface area (Å²) >= 11 is 0. The maximum absolute atomic E-state index is 11.6. The molecule has 0 amide bonds. The lowest BCUT2D eigenvalue weighted by molar-refractivity contribution is 0.387. The first-order valence-corrected chi connectivity index (χ1v) is 12.5. The number of allylic oxidation sites excluding steroid dienone is 3. The maximum atomic E-state index is 11.6. The van der Waals surface area contributed by atoms with Crippen molar-refractivity contribution in [1.29, 1.82) is 0 Å². The van der Waals surface area contributed by atoms with Crippen LogP contribution in [0.1, 0.15) is 17.0 Å². The van der Waals surface area contributed by atoms with E-state index in [-0.39, 0.29) is 11.3 Å². The van der Waals surface area contributed by atoms with Crippen LogP contribution in [-0.4, -0.2) is 37.2 Å². The van der Waals surface area contributed by atoms with Gasteiger partial charge in [-0.3, -0.25) is 9.56 Å². The predicted molar refractivity (Wildman–Crippen MR) is 135 cm³/mol. The molecule has 5 heterocycles. The first-order chi connectivity index (χ1) is 16.4. The number of aliphatic imine (C=N–C) groups is 2. The zero-order valence-corrected chi connectivity index (χ0v) is 18.9. The number of H-pyrrole nitrogens is 2. The minimum absolute atomic E-state index is 0.0113. The van der Waals surface area contributed by atoms with Gasteiger partial charge in [0.15, 0.2) is 0 Å². The number of benzene rings is 1. The highest BCUT2D eigenvalue weighted by Gasteiger charge is 2.20. The Morgan fingerprint density at radius 2 is 1.62 bits per heavy atom. The Morgan fingerprint density at radius 1 is 0.853 bits per heavy atom. The fourth-order valence-corrected chi connectivity index (χ4v) is 4.93. The fraction of sp³-hybridized carbons (Fsp3) is 0.0769. The lowest BCUT2D eigenvalue weighted by Crippen LogP contribution is -2.12. The molecule has 3 aliphatic rings. The Hall–Kier alpha value is -3.77. The van der Waals surface area contributed by atoms with Crippen molar-refractivity contribution in [3.05, 3.63) is 106 Å². The quantitative estimate of drug-likeness (QED) is 0.432. The molecule has 0 spiro atoms. The van der Waals surface area contributed by atoms with Gasteiger partial charge >= 0.3 is 7.60 Å². The number of fused-ring (bicyclic) bond motifs is 6. The smallest absolute Gasteiger partial charge is 0.356 e. The Bertz CT molecular complexity index is 1620. The van der Waals surface area contributed by atoms with Gasteiger partial charge in [-0.05, 0) is 72.3 Å². The Kier molecular flexibility index (Phi) is 4.85. The number of rotatable bonds is 2. The number of hydrogen-bond acceptors (Lipinski definition) is 3. The van der Waals surface area contributed by atoms with Gasteiger partial charge in [0.2, 0.25) is 0 Å². The highest BCUT2D eigenvalue weighted by atomic mass is 31.2. The van der Waals surface area contributed by atoms with Crippen molar-refractivity contribution in [3.8, 4) is 0 Å². The van der Waals surface area contributed by atoms with E-state index in [1.165, 1.54) is 12.1 Å². The van der Waals surface area contributed by atoms with Crippen molar-refractivity contribution < 1.29 is 14.4 Å². The third-order valence-corrected chi connectivity index (χ3v) is 6.97. The highest BCUT2D eigenvalue weighted by molar-refractivity contribution is 7.60. The largest absolute Gasteiger partial charge is 0.358 e. The number of hydrogen-bond donors (Lipinski definition) is 4. The Balaban J connectivity index is 1.53. The van der Waals surface area contributed by atoms with Crippen molar-refractivity contribution >= 4 is 42.0 Å². The van der Waals surface area contributed by atoms with Crippen molar-refractivity contribution in [1.82, 2.24) is 9.97 Å². The summed E-state index contributed by atoms with van der Waals surface area (Å²) in [7, 11) is -4.32. The van der Waals surface area contributed by atoms with Crippen LogP contribution in [0.3, 0.4) is 0 Å². The molecule has 1 atom stereocenters. The predicted octanol–water partition coefficient (Wildman–Crippen LogP) is 2.11. The molecule has 3 aromatic rings. The second-order valence-corrected chi connectivity index (χ2v) is 10.1. The van der Waals surface area contributed by atoms with Gasteiger partial charge in [0.25, 0.3) is 0 Å². The van der Waals surface area contributed by atoms with Crippen LogP contribution in [0.2, 0.25) is 0 Å². The third kappa shape index (κ3) is 4.01. The molecule has 0 saturated carbocycles. The molecule has 3 aliphatic heterocycles. The van der Waals surface area contributed by atoms with E-state index in [4.69, 9.17) is 9.98 Å². The minimum atomic E-state index is -4.32. The molecule has 8 bridgehead atoms. The number of nitrogens with zero attached hydrogens (tertiary/aromatic N) is 2. The number of aromatic nitrogens is 2. The lowest BCUT2D eigenvalue weighted by Gasteiger charge is -2.11. The van der Waals surface area contributed by atoms with Gasteiger partial charge in [-0.2, -0.15) is 0 Å². The molecule has 0 aliphatic carbocycles. The average molecular weight is 468 g/mol. The third-order valence-electron chi connectivity index (χ3n) is 6.00. The molecule has 8 heteroatoms. The first kappa shape index (κ1) is 20.8. The summed E-state index contributed by atoms with van der Waals surface area (Å²) in [5.41, 5.74) is 6.13. The zero-order valence-electron chi connectivity index (χ0n) is 18.0. The van der Waals surface area contributed by atoms with Crippen molar-refractivity contribution in [2.45, 2.75) is 12.5 Å². The van der Waals surface area contributed by atoms with Crippen LogP contribution in [0.25, 0.3) is 17.7 Å². The van der Waals surface area contributed by atoms with E-state index in [2.05, 4.69) is 22.1 Å². The molecule has 6 rings (SSSR count). The van der Waals surface area contributed by atoms with E-state index in [0.29, 0.717) is 0 Å². The Morgan fingerprint density at radius 3 is 2.38 bits per heavy atom. The molecule has 1 aromatic carbocycles. The lowest BCUT2D eigenvalue weighted by atomic mass is 10.0. The minimum Gasteiger partial charge on any atom is -0.358 e. The van der Waals surface area contributed by atoms with Gasteiger partial charge in [0.05, 0.1) is 28.5 Å². The molecule has 7 nitrogen and oxygen atoms in total. The van der Waals surface area contributed by atoms with Crippen molar-refractivity contribution in [3.63, 3.8) is 0 Å². The van der Waals surface area contributed by atoms with Gasteiger partial charge in [0, 0.05) is 34.1 Å². The summed E-state index contributed by atoms with van der Waals surface area (Å²) in [5, 5.41) is 1.91. The summed E-state index contributed by atoms with van der Waals surface area (Å²) in [6, 6.07) is 14.6. The van der Waals surface area contributed by atoms with Gasteiger partial charge in [0.1, 0.15) is 0 Å². The summed E-state index contributed by atoms with van der Waals surface area (Å²) in [4.78, 5) is 35.6. The molecular weight excluding hydrogens is 447 g/mol. The van der Waals surface area contributed by atoms with Crippen LogP contribution in [0.15, 0.2) is 88.5 Å². The van der Waals surface area contributed by atoms with E-state index >= 15 is 0 Å². The van der Waals surface area contributed by atoms with E-state index in [1.807, 2.05) is 48.6 Å². The van der Waals surface area contributed by atoms with Crippen LogP contribution < -0.4 is 16.0 Å². The highest BCUT2D eigenvalue weighted by Crippen LogP contribution is 2.35. The first-order valence-electron chi connectivity index (χ1n) is 10.9. The van der Waals surface area contributed by atoms with Gasteiger partial charge in [-0.1, -0.05) is 18.2 Å². The number of aromatic amines is 2. The maximum Gasteiger partial charge on any atom is 0.356 e. The summed E-state index contributed by atoms with van der Waals surface area (Å²) in [6.07, 6.45) is 12.8. The standard InChI is InChI=1S/C26H21N4O3P/c31-34(32,33)23-9-1-16(2-10-23)26-24-11-7-21(29-24)14-19-5-3-17(27-19)13-18-4-6-20(28-18)15-22-8-12-25(26)30-22/h1-14,20,27,30H,15H2,(H2,31,32,33)/b17-13-,19-14-,26-24-. The molecule has 0 fully saturated rings. The second-order valence-electron chi connectivity index (χ2n) is 8.46. The van der Waals surface area contributed by atoms with Crippen LogP contribution >= 0.6 is 7.60 Å². The fourth-order valence-electron chi connectivity index (χ4n) is 4.39. The molecule has 1 unspecified atom stereocenters. The molecule has 34 heavy (non-hydrogen) atoms. The zero-order chi connectivity index (χ0) is 23.3. The van der Waals surface area contributed by atoms with Crippen LogP contribution in [0, 0.1) is 0 Å². The monoisotopic (exact) mass is 468 g/mol. The normalized spacial score (nSPS) is 23.2.